The van der Waals surface area contributed by atoms with E-state index in [1.54, 1.807) is 0 Å². The Morgan fingerprint density at radius 3 is 2.64 bits per heavy atom. The number of rotatable bonds is 4. The van der Waals surface area contributed by atoms with Gasteiger partial charge in [-0.05, 0) is 6.42 Å². The SMILES string of the molecule is CN(C)c1c(F)c(C(F)(F)F)c(-c2cn3cc(NC(=O)C4C[C@H]4F)nc3cn2)c2cn[nH]c12. The van der Waals surface area contributed by atoms with Gasteiger partial charge in [0.2, 0.25) is 5.91 Å². The monoisotopic (exact) mass is 465 g/mol. The topological polar surface area (TPSA) is 91.2 Å². The van der Waals surface area contributed by atoms with E-state index in [2.05, 4.69) is 25.5 Å². The van der Waals surface area contributed by atoms with Gasteiger partial charge < -0.3 is 14.6 Å². The van der Waals surface area contributed by atoms with E-state index >= 15 is 4.39 Å². The molecule has 4 aromatic rings. The first-order valence-electron chi connectivity index (χ1n) is 9.79. The molecule has 1 aliphatic carbocycles. The van der Waals surface area contributed by atoms with Crippen molar-refractivity contribution in [3.63, 3.8) is 0 Å². The third kappa shape index (κ3) is 3.43. The molecule has 1 aromatic carbocycles. The number of fused-ring (bicyclic) bond motifs is 2. The molecule has 2 atom stereocenters. The Labute approximate surface area is 182 Å². The predicted molar refractivity (Wildman–Crippen MR) is 109 cm³/mol. The van der Waals surface area contributed by atoms with Gasteiger partial charge in [0.15, 0.2) is 17.3 Å². The number of carbonyl (C=O) groups excluding carboxylic acids is 1. The number of carbonyl (C=O) groups is 1. The molecule has 1 amide bonds. The van der Waals surface area contributed by atoms with Gasteiger partial charge in [-0.15, -0.1) is 0 Å². The molecule has 1 saturated carbocycles. The van der Waals surface area contributed by atoms with E-state index in [1.165, 1.54) is 48.2 Å². The zero-order chi connectivity index (χ0) is 23.7. The first kappa shape index (κ1) is 21.1. The van der Waals surface area contributed by atoms with Crippen molar-refractivity contribution in [2.45, 2.75) is 18.8 Å². The quantitative estimate of drug-likeness (QED) is 0.448. The molecule has 0 spiro atoms. The second-order valence-corrected chi connectivity index (χ2v) is 7.98. The van der Waals surface area contributed by atoms with Crippen LogP contribution in [0.2, 0.25) is 0 Å². The third-order valence-electron chi connectivity index (χ3n) is 5.45. The van der Waals surface area contributed by atoms with Crippen molar-refractivity contribution in [3.8, 4) is 11.3 Å². The maximum Gasteiger partial charge on any atom is 0.419 e. The maximum atomic E-state index is 15.2. The molecule has 0 bridgehead atoms. The van der Waals surface area contributed by atoms with Crippen LogP contribution in [-0.4, -0.2) is 50.7 Å². The van der Waals surface area contributed by atoms with Crippen LogP contribution in [0.15, 0.2) is 24.8 Å². The Balaban J connectivity index is 1.67. The molecule has 33 heavy (non-hydrogen) atoms. The molecule has 8 nitrogen and oxygen atoms in total. The van der Waals surface area contributed by atoms with Crippen LogP contribution in [0.25, 0.3) is 27.8 Å². The minimum Gasteiger partial charge on any atom is -0.374 e. The fraction of sp³-hybridized carbons (Fsp3) is 0.300. The molecule has 5 rings (SSSR count). The number of hydrogen-bond donors (Lipinski definition) is 2. The Kier molecular flexibility index (Phi) is 4.55. The Morgan fingerprint density at radius 1 is 1.27 bits per heavy atom. The summed E-state index contributed by atoms with van der Waals surface area (Å²) >= 11 is 0. The highest BCUT2D eigenvalue weighted by molar-refractivity contribution is 6.02. The number of hydrogen-bond acceptors (Lipinski definition) is 5. The van der Waals surface area contributed by atoms with Crippen molar-refractivity contribution < 1.29 is 26.7 Å². The Morgan fingerprint density at radius 2 is 2.00 bits per heavy atom. The lowest BCUT2D eigenvalue weighted by molar-refractivity contribution is -0.139. The average Bonchev–Trinajstić information content (AvgIpc) is 3.10. The van der Waals surface area contributed by atoms with Crippen LogP contribution in [-0.2, 0) is 11.0 Å². The van der Waals surface area contributed by atoms with E-state index in [-0.39, 0.29) is 40.2 Å². The number of anilines is 2. The summed E-state index contributed by atoms with van der Waals surface area (Å²) in [5, 5.41) is 8.88. The fourth-order valence-corrected chi connectivity index (χ4v) is 3.82. The lowest BCUT2D eigenvalue weighted by Crippen LogP contribution is -2.18. The number of imidazole rings is 1. The van der Waals surface area contributed by atoms with Gasteiger partial charge in [0, 0.05) is 31.2 Å². The standard InChI is InChI=1S/C20H16F5N7O/c1-31(2)18-16(22)15(20(23,24)25)14(9-4-27-30-17(9)18)11-6-32-7-12(28-13(32)5-26-11)29-19(33)8-3-10(8)21/h4-8,10H,3H2,1-2H3,(H,27,30)(H,29,33)/t8?,10-/m1/s1. The van der Waals surface area contributed by atoms with Gasteiger partial charge >= 0.3 is 6.18 Å². The number of amides is 1. The number of aromatic amines is 1. The number of nitrogens with one attached hydrogen (secondary N) is 2. The van der Waals surface area contributed by atoms with E-state index in [1.807, 2.05) is 0 Å². The first-order valence-corrected chi connectivity index (χ1v) is 9.79. The van der Waals surface area contributed by atoms with Crippen LogP contribution in [0.4, 0.5) is 33.5 Å². The highest BCUT2D eigenvalue weighted by atomic mass is 19.4. The Hall–Kier alpha value is -3.77. The molecule has 1 fully saturated rings. The van der Waals surface area contributed by atoms with Gasteiger partial charge in [-0.1, -0.05) is 0 Å². The van der Waals surface area contributed by atoms with Crippen molar-refractivity contribution >= 4 is 34.0 Å². The lowest BCUT2D eigenvalue weighted by atomic mass is 9.97. The molecule has 0 radical (unpaired) electrons. The molecule has 2 N–H and O–H groups in total. The number of halogens is 5. The number of nitrogens with zero attached hydrogens (tertiary/aromatic N) is 5. The van der Waals surface area contributed by atoms with Gasteiger partial charge in [0.05, 0.1) is 41.4 Å². The van der Waals surface area contributed by atoms with Crippen LogP contribution < -0.4 is 10.2 Å². The largest absolute Gasteiger partial charge is 0.419 e. The normalized spacial score (nSPS) is 18.2. The zero-order valence-electron chi connectivity index (χ0n) is 17.2. The average molecular weight is 465 g/mol. The van der Waals surface area contributed by atoms with Crippen LogP contribution in [0.3, 0.4) is 0 Å². The van der Waals surface area contributed by atoms with E-state index in [0.29, 0.717) is 0 Å². The number of aromatic nitrogens is 5. The third-order valence-corrected chi connectivity index (χ3v) is 5.45. The van der Waals surface area contributed by atoms with Crippen molar-refractivity contribution in [3.05, 3.63) is 36.2 Å². The van der Waals surface area contributed by atoms with Gasteiger partial charge in [-0.2, -0.15) is 18.3 Å². The molecule has 3 aromatic heterocycles. The van der Waals surface area contributed by atoms with E-state index < -0.39 is 41.1 Å². The molecular weight excluding hydrogens is 449 g/mol. The minimum atomic E-state index is -5.02. The van der Waals surface area contributed by atoms with Crippen LogP contribution >= 0.6 is 0 Å². The van der Waals surface area contributed by atoms with Crippen molar-refractivity contribution in [1.29, 1.82) is 0 Å². The van der Waals surface area contributed by atoms with E-state index in [4.69, 9.17) is 0 Å². The number of H-pyrrole nitrogens is 1. The Bertz CT molecular complexity index is 1410. The summed E-state index contributed by atoms with van der Waals surface area (Å²) in [7, 11) is 2.85. The van der Waals surface area contributed by atoms with E-state index in [0.717, 1.165) is 0 Å². The molecular formula is C20H16F5N7O. The summed E-state index contributed by atoms with van der Waals surface area (Å²) in [5.74, 6) is -2.62. The van der Waals surface area contributed by atoms with E-state index in [9.17, 15) is 22.4 Å². The molecule has 1 aliphatic rings. The summed E-state index contributed by atoms with van der Waals surface area (Å²) in [6.07, 6.45) is -1.08. The van der Waals surface area contributed by atoms with Gasteiger partial charge in [0.1, 0.15) is 11.7 Å². The first-order chi connectivity index (χ1) is 15.6. The summed E-state index contributed by atoms with van der Waals surface area (Å²) in [6.45, 7) is 0. The van der Waals surface area contributed by atoms with Crippen LogP contribution in [0, 0.1) is 11.7 Å². The highest BCUT2D eigenvalue weighted by Gasteiger charge is 2.44. The van der Waals surface area contributed by atoms with Gasteiger partial charge in [-0.3, -0.25) is 14.9 Å². The fourth-order valence-electron chi connectivity index (χ4n) is 3.82. The lowest BCUT2D eigenvalue weighted by Gasteiger charge is -2.21. The molecule has 0 aliphatic heterocycles. The highest BCUT2D eigenvalue weighted by Crippen LogP contribution is 2.46. The van der Waals surface area contributed by atoms with Crippen molar-refractivity contribution in [2.24, 2.45) is 5.92 Å². The summed E-state index contributed by atoms with van der Waals surface area (Å²) < 4.78 is 71.8. The summed E-state index contributed by atoms with van der Waals surface area (Å²) in [6, 6.07) is 0. The van der Waals surface area contributed by atoms with Crippen LogP contribution in [0.5, 0.6) is 0 Å². The molecule has 13 heteroatoms. The molecule has 172 valence electrons. The number of benzene rings is 1. The summed E-state index contributed by atoms with van der Waals surface area (Å²) in [4.78, 5) is 21.4. The zero-order valence-corrected chi connectivity index (χ0v) is 17.2. The van der Waals surface area contributed by atoms with Crippen molar-refractivity contribution in [1.82, 2.24) is 24.6 Å². The van der Waals surface area contributed by atoms with Crippen LogP contribution in [0.1, 0.15) is 12.0 Å². The second kappa shape index (κ2) is 7.12. The molecule has 0 saturated heterocycles. The molecule has 1 unspecified atom stereocenters. The second-order valence-electron chi connectivity index (χ2n) is 7.98. The van der Waals surface area contributed by atoms with Crippen molar-refractivity contribution in [2.75, 3.05) is 24.3 Å². The molecule has 3 heterocycles. The smallest absolute Gasteiger partial charge is 0.374 e. The van der Waals surface area contributed by atoms with Gasteiger partial charge in [0.25, 0.3) is 0 Å². The summed E-state index contributed by atoms with van der Waals surface area (Å²) in [5.41, 5.74) is -2.09. The maximum absolute atomic E-state index is 15.2. The van der Waals surface area contributed by atoms with Gasteiger partial charge in [-0.25, -0.2) is 13.8 Å². The number of alkyl halides is 4. The predicted octanol–water partition coefficient (Wildman–Crippen LogP) is 3.79. The minimum absolute atomic E-state index is 0.0376.